The van der Waals surface area contributed by atoms with E-state index in [0.29, 0.717) is 19.6 Å². The number of likely N-dealkylation sites (tertiary alicyclic amines) is 1. The van der Waals surface area contributed by atoms with E-state index in [2.05, 4.69) is 4.74 Å². The smallest absolute Gasteiger partial charge is 0.409 e. The minimum absolute atomic E-state index is 0.0611. The van der Waals surface area contributed by atoms with Crippen molar-refractivity contribution in [2.75, 3.05) is 33.8 Å². The van der Waals surface area contributed by atoms with Crippen molar-refractivity contribution in [3.05, 3.63) is 0 Å². The van der Waals surface area contributed by atoms with Crippen LogP contribution in [0.15, 0.2) is 0 Å². The van der Waals surface area contributed by atoms with Crippen LogP contribution in [0.4, 0.5) is 4.79 Å². The summed E-state index contributed by atoms with van der Waals surface area (Å²) in [5.41, 5.74) is 0. The molecular formula is C10H18N2O3. The molecule has 0 radical (unpaired) electrons. The van der Waals surface area contributed by atoms with E-state index >= 15 is 0 Å². The van der Waals surface area contributed by atoms with E-state index in [1.165, 1.54) is 7.11 Å². The van der Waals surface area contributed by atoms with Gasteiger partial charge in [0.1, 0.15) is 0 Å². The average molecular weight is 214 g/mol. The highest BCUT2D eigenvalue weighted by Crippen LogP contribution is 2.18. The van der Waals surface area contributed by atoms with Crippen molar-refractivity contribution < 1.29 is 14.3 Å². The van der Waals surface area contributed by atoms with Crippen molar-refractivity contribution in [2.24, 2.45) is 5.92 Å². The van der Waals surface area contributed by atoms with Gasteiger partial charge in [-0.2, -0.15) is 0 Å². The largest absolute Gasteiger partial charge is 0.453 e. The Morgan fingerprint density at radius 1 is 1.53 bits per heavy atom. The third-order valence-corrected chi connectivity index (χ3v) is 2.82. The van der Waals surface area contributed by atoms with Crippen LogP contribution in [0.5, 0.6) is 0 Å². The highest BCUT2D eigenvalue weighted by Gasteiger charge is 2.32. The van der Waals surface area contributed by atoms with Crippen molar-refractivity contribution in [2.45, 2.75) is 13.3 Å². The van der Waals surface area contributed by atoms with Gasteiger partial charge in [-0.3, -0.25) is 4.79 Å². The van der Waals surface area contributed by atoms with Gasteiger partial charge in [0.25, 0.3) is 0 Å². The molecule has 1 heterocycles. The van der Waals surface area contributed by atoms with Crippen LogP contribution < -0.4 is 0 Å². The van der Waals surface area contributed by atoms with Crippen LogP contribution in [0, 0.1) is 5.92 Å². The fourth-order valence-corrected chi connectivity index (χ4v) is 1.72. The lowest BCUT2D eigenvalue weighted by Gasteiger charge is -2.19. The first-order valence-corrected chi connectivity index (χ1v) is 5.18. The van der Waals surface area contributed by atoms with Crippen LogP contribution in [-0.4, -0.2) is 55.6 Å². The number of hydrogen-bond acceptors (Lipinski definition) is 3. The van der Waals surface area contributed by atoms with Crippen LogP contribution in [0.2, 0.25) is 0 Å². The molecule has 1 aliphatic heterocycles. The molecule has 5 nitrogen and oxygen atoms in total. The zero-order valence-electron chi connectivity index (χ0n) is 9.52. The van der Waals surface area contributed by atoms with Crippen molar-refractivity contribution >= 4 is 12.0 Å². The summed E-state index contributed by atoms with van der Waals surface area (Å²) in [6.45, 7) is 3.73. The molecule has 1 atom stereocenters. The maximum Gasteiger partial charge on any atom is 0.409 e. The maximum atomic E-state index is 11.8. The lowest BCUT2D eigenvalue weighted by atomic mass is 10.1. The molecule has 0 saturated carbocycles. The maximum absolute atomic E-state index is 11.8. The summed E-state index contributed by atoms with van der Waals surface area (Å²) in [5, 5.41) is 0. The standard InChI is InChI=1S/C10H18N2O3/c1-4-11(2)9(13)8-5-6-12(7-8)10(14)15-3/h8H,4-7H2,1-3H3. The molecular weight excluding hydrogens is 196 g/mol. The minimum Gasteiger partial charge on any atom is -0.453 e. The summed E-state index contributed by atoms with van der Waals surface area (Å²) in [7, 11) is 3.14. The molecule has 5 heteroatoms. The summed E-state index contributed by atoms with van der Waals surface area (Å²) in [6.07, 6.45) is 0.391. The monoisotopic (exact) mass is 214 g/mol. The zero-order valence-corrected chi connectivity index (χ0v) is 9.52. The molecule has 1 aliphatic rings. The summed E-state index contributed by atoms with van der Waals surface area (Å²) in [6, 6.07) is 0. The van der Waals surface area contributed by atoms with Crippen molar-refractivity contribution in [3.8, 4) is 0 Å². The SMILES string of the molecule is CCN(C)C(=O)C1CCN(C(=O)OC)C1. The Balaban J connectivity index is 2.49. The van der Waals surface area contributed by atoms with Gasteiger partial charge in [-0.15, -0.1) is 0 Å². The van der Waals surface area contributed by atoms with Crippen LogP contribution in [0.1, 0.15) is 13.3 Å². The lowest BCUT2D eigenvalue weighted by molar-refractivity contribution is -0.133. The number of carbonyl (C=O) groups excluding carboxylic acids is 2. The fourth-order valence-electron chi connectivity index (χ4n) is 1.72. The quantitative estimate of drug-likeness (QED) is 0.674. The van der Waals surface area contributed by atoms with E-state index in [1.807, 2.05) is 6.92 Å². The Kier molecular flexibility index (Phi) is 3.94. The Labute approximate surface area is 90.0 Å². The molecule has 1 fully saturated rings. The molecule has 15 heavy (non-hydrogen) atoms. The van der Waals surface area contributed by atoms with E-state index in [0.717, 1.165) is 6.42 Å². The molecule has 0 N–H and O–H groups in total. The van der Waals surface area contributed by atoms with Gasteiger partial charge in [0.2, 0.25) is 5.91 Å². The Morgan fingerprint density at radius 2 is 2.20 bits per heavy atom. The number of ether oxygens (including phenoxy) is 1. The van der Waals surface area contributed by atoms with Gasteiger partial charge < -0.3 is 14.5 Å². The fraction of sp³-hybridized carbons (Fsp3) is 0.800. The molecule has 1 unspecified atom stereocenters. The molecule has 0 aromatic heterocycles. The lowest BCUT2D eigenvalue weighted by Crippen LogP contribution is -2.35. The summed E-state index contributed by atoms with van der Waals surface area (Å²) in [4.78, 5) is 26.2. The van der Waals surface area contributed by atoms with E-state index in [4.69, 9.17) is 0 Å². The number of rotatable bonds is 2. The van der Waals surface area contributed by atoms with Gasteiger partial charge in [-0.05, 0) is 13.3 Å². The van der Waals surface area contributed by atoms with E-state index in [9.17, 15) is 9.59 Å². The predicted molar refractivity (Wildman–Crippen MR) is 55.4 cm³/mol. The van der Waals surface area contributed by atoms with E-state index in [1.54, 1.807) is 16.8 Å². The highest BCUT2D eigenvalue weighted by molar-refractivity contribution is 5.80. The molecule has 0 aromatic rings. The third kappa shape index (κ3) is 2.61. The normalized spacial score (nSPS) is 20.2. The third-order valence-electron chi connectivity index (χ3n) is 2.82. The topological polar surface area (TPSA) is 49.9 Å². The van der Waals surface area contributed by atoms with Gasteiger partial charge in [0, 0.05) is 26.7 Å². The highest BCUT2D eigenvalue weighted by atomic mass is 16.5. The van der Waals surface area contributed by atoms with Gasteiger partial charge in [-0.1, -0.05) is 0 Å². The van der Waals surface area contributed by atoms with Crippen molar-refractivity contribution in [1.82, 2.24) is 9.80 Å². The first-order valence-electron chi connectivity index (χ1n) is 5.18. The number of amides is 2. The van der Waals surface area contributed by atoms with Crippen LogP contribution in [0.25, 0.3) is 0 Å². The van der Waals surface area contributed by atoms with E-state index in [-0.39, 0.29) is 17.9 Å². The molecule has 0 spiro atoms. The summed E-state index contributed by atoms with van der Waals surface area (Å²) in [5.74, 6) is 0.0537. The molecule has 1 rings (SSSR count). The molecule has 1 saturated heterocycles. The predicted octanol–water partition coefficient (Wildman–Crippen LogP) is 0.553. The van der Waals surface area contributed by atoms with Gasteiger partial charge in [0.15, 0.2) is 0 Å². The van der Waals surface area contributed by atoms with Gasteiger partial charge >= 0.3 is 6.09 Å². The molecule has 86 valence electrons. The van der Waals surface area contributed by atoms with Crippen molar-refractivity contribution in [1.29, 1.82) is 0 Å². The second-order valence-electron chi connectivity index (χ2n) is 3.75. The minimum atomic E-state index is -0.343. The first-order chi connectivity index (χ1) is 7.10. The number of carbonyl (C=O) groups is 2. The van der Waals surface area contributed by atoms with Crippen molar-refractivity contribution in [3.63, 3.8) is 0 Å². The van der Waals surface area contributed by atoms with Crippen LogP contribution in [-0.2, 0) is 9.53 Å². The van der Waals surface area contributed by atoms with Crippen LogP contribution in [0.3, 0.4) is 0 Å². The summed E-state index contributed by atoms with van der Waals surface area (Å²) < 4.78 is 4.61. The average Bonchev–Trinajstić information content (AvgIpc) is 2.75. The molecule has 0 aliphatic carbocycles. The Morgan fingerprint density at radius 3 is 2.73 bits per heavy atom. The summed E-state index contributed by atoms with van der Waals surface area (Å²) >= 11 is 0. The molecule has 2 amide bonds. The Bertz CT molecular complexity index is 255. The van der Waals surface area contributed by atoms with Gasteiger partial charge in [0.05, 0.1) is 13.0 Å². The molecule has 0 aromatic carbocycles. The first kappa shape index (κ1) is 11.8. The molecule has 0 bridgehead atoms. The Hall–Kier alpha value is -1.26. The second-order valence-corrected chi connectivity index (χ2v) is 3.75. The number of methoxy groups -OCH3 is 1. The van der Waals surface area contributed by atoms with Crippen LogP contribution >= 0.6 is 0 Å². The number of nitrogens with zero attached hydrogens (tertiary/aromatic N) is 2. The zero-order chi connectivity index (χ0) is 11.4. The second kappa shape index (κ2) is 5.00. The number of hydrogen-bond donors (Lipinski definition) is 0. The van der Waals surface area contributed by atoms with Gasteiger partial charge in [-0.25, -0.2) is 4.79 Å². The van der Waals surface area contributed by atoms with E-state index < -0.39 is 0 Å².